The first kappa shape index (κ1) is 20.0. The molecule has 0 spiro atoms. The molecule has 0 saturated heterocycles. The third-order valence-corrected chi connectivity index (χ3v) is 4.50. The van der Waals surface area contributed by atoms with Crippen molar-refractivity contribution in [3.63, 3.8) is 0 Å². The predicted octanol–water partition coefficient (Wildman–Crippen LogP) is 3.30. The van der Waals surface area contributed by atoms with Gasteiger partial charge in [0.15, 0.2) is 6.61 Å². The summed E-state index contributed by atoms with van der Waals surface area (Å²) in [5, 5.41) is 2.60. The van der Waals surface area contributed by atoms with E-state index in [4.69, 9.17) is 4.74 Å². The number of nitrogens with one attached hydrogen (secondary N) is 1. The highest BCUT2D eigenvalue weighted by molar-refractivity contribution is 9.10. The molecule has 5 nitrogen and oxygen atoms in total. The first-order valence-electron chi connectivity index (χ1n) is 8.35. The average molecular weight is 419 g/mol. The second-order valence-corrected chi connectivity index (χ2v) is 6.96. The van der Waals surface area contributed by atoms with Crippen molar-refractivity contribution < 1.29 is 14.3 Å². The number of carbonyl (C=O) groups is 2. The maximum absolute atomic E-state index is 12.8. The number of rotatable bonds is 7. The van der Waals surface area contributed by atoms with Crippen LogP contribution in [0.1, 0.15) is 18.1 Å². The molecular formula is C20H23BrN2O3. The zero-order valence-corrected chi connectivity index (χ0v) is 16.7. The molecule has 2 rings (SSSR count). The van der Waals surface area contributed by atoms with Crippen molar-refractivity contribution in [2.24, 2.45) is 0 Å². The summed E-state index contributed by atoms with van der Waals surface area (Å²) in [6, 6.07) is 14.6. The Kier molecular flexibility index (Phi) is 7.21. The van der Waals surface area contributed by atoms with E-state index in [9.17, 15) is 9.59 Å². The molecule has 0 aliphatic rings. The molecule has 2 amide bonds. The van der Waals surface area contributed by atoms with Crippen molar-refractivity contribution in [3.05, 3.63) is 64.1 Å². The van der Waals surface area contributed by atoms with E-state index in [0.717, 1.165) is 15.6 Å². The number of amides is 2. The van der Waals surface area contributed by atoms with Crippen LogP contribution in [0.5, 0.6) is 5.75 Å². The van der Waals surface area contributed by atoms with Crippen LogP contribution in [0.2, 0.25) is 0 Å². The molecule has 2 aromatic carbocycles. The van der Waals surface area contributed by atoms with Gasteiger partial charge in [0.25, 0.3) is 5.91 Å². The molecule has 26 heavy (non-hydrogen) atoms. The van der Waals surface area contributed by atoms with Gasteiger partial charge in [0.05, 0.1) is 0 Å². The van der Waals surface area contributed by atoms with Gasteiger partial charge in [0.1, 0.15) is 11.8 Å². The Labute approximate surface area is 162 Å². The van der Waals surface area contributed by atoms with Crippen LogP contribution in [-0.4, -0.2) is 36.4 Å². The molecule has 0 fully saturated rings. The summed E-state index contributed by atoms with van der Waals surface area (Å²) < 4.78 is 6.54. The van der Waals surface area contributed by atoms with Crippen LogP contribution in [0.25, 0.3) is 0 Å². The van der Waals surface area contributed by atoms with Crippen LogP contribution >= 0.6 is 15.9 Å². The number of halogens is 1. The van der Waals surface area contributed by atoms with E-state index in [-0.39, 0.29) is 18.4 Å². The standard InChI is InChI=1S/C20H23BrN2O3/c1-14-6-4-9-18(10-14)26-13-19(24)23(15(2)20(25)22-3)12-16-7-5-8-17(21)11-16/h4-11,15H,12-13H2,1-3H3,(H,22,25)/t15-/m1/s1. The van der Waals surface area contributed by atoms with Gasteiger partial charge >= 0.3 is 0 Å². The molecule has 0 heterocycles. The van der Waals surface area contributed by atoms with Gasteiger partial charge in [0.2, 0.25) is 5.91 Å². The summed E-state index contributed by atoms with van der Waals surface area (Å²) in [5.41, 5.74) is 1.98. The number of hydrogen-bond donors (Lipinski definition) is 1. The summed E-state index contributed by atoms with van der Waals surface area (Å²) >= 11 is 3.43. The van der Waals surface area contributed by atoms with Gasteiger partial charge in [-0.2, -0.15) is 0 Å². The number of likely N-dealkylation sites (N-methyl/N-ethyl adjacent to an activating group) is 1. The number of benzene rings is 2. The molecule has 0 bridgehead atoms. The van der Waals surface area contributed by atoms with Crippen molar-refractivity contribution in [3.8, 4) is 5.75 Å². The molecule has 0 aromatic heterocycles. The lowest BCUT2D eigenvalue weighted by Gasteiger charge is -2.28. The minimum absolute atomic E-state index is 0.126. The number of carbonyl (C=O) groups excluding carboxylic acids is 2. The second kappa shape index (κ2) is 9.38. The molecule has 0 aliphatic carbocycles. The Hall–Kier alpha value is -2.34. The molecule has 1 atom stereocenters. The van der Waals surface area contributed by atoms with Crippen molar-refractivity contribution in [1.29, 1.82) is 0 Å². The normalized spacial score (nSPS) is 11.5. The predicted molar refractivity (Wildman–Crippen MR) is 105 cm³/mol. The average Bonchev–Trinajstić information content (AvgIpc) is 2.63. The molecule has 1 N–H and O–H groups in total. The largest absolute Gasteiger partial charge is 0.484 e. The highest BCUT2D eigenvalue weighted by Crippen LogP contribution is 2.16. The molecule has 0 radical (unpaired) electrons. The van der Waals surface area contributed by atoms with Crippen LogP contribution in [0, 0.1) is 6.92 Å². The Morgan fingerprint density at radius 2 is 1.92 bits per heavy atom. The molecule has 6 heteroatoms. The van der Waals surface area contributed by atoms with Gasteiger partial charge in [-0.15, -0.1) is 0 Å². The smallest absolute Gasteiger partial charge is 0.261 e. The quantitative estimate of drug-likeness (QED) is 0.750. The van der Waals surface area contributed by atoms with Gasteiger partial charge in [-0.1, -0.05) is 40.2 Å². The van der Waals surface area contributed by atoms with E-state index in [1.54, 1.807) is 20.0 Å². The van der Waals surface area contributed by atoms with Crippen LogP contribution in [-0.2, 0) is 16.1 Å². The minimum atomic E-state index is -0.604. The van der Waals surface area contributed by atoms with Crippen molar-refractivity contribution in [1.82, 2.24) is 10.2 Å². The summed E-state index contributed by atoms with van der Waals surface area (Å²) in [6.07, 6.45) is 0. The maximum atomic E-state index is 12.8. The molecular weight excluding hydrogens is 396 g/mol. The Balaban J connectivity index is 2.13. The Morgan fingerprint density at radius 3 is 2.58 bits per heavy atom. The van der Waals surface area contributed by atoms with E-state index >= 15 is 0 Å². The topological polar surface area (TPSA) is 58.6 Å². The third-order valence-electron chi connectivity index (χ3n) is 4.01. The molecule has 138 valence electrons. The second-order valence-electron chi connectivity index (χ2n) is 6.05. The minimum Gasteiger partial charge on any atom is -0.484 e. The molecule has 0 saturated carbocycles. The Morgan fingerprint density at radius 1 is 1.19 bits per heavy atom. The highest BCUT2D eigenvalue weighted by atomic mass is 79.9. The lowest BCUT2D eigenvalue weighted by Crippen LogP contribution is -2.48. The first-order valence-corrected chi connectivity index (χ1v) is 9.15. The number of nitrogens with zero attached hydrogens (tertiary/aromatic N) is 1. The fraction of sp³-hybridized carbons (Fsp3) is 0.300. The van der Waals surface area contributed by atoms with Crippen molar-refractivity contribution in [2.75, 3.05) is 13.7 Å². The van der Waals surface area contributed by atoms with Crippen LogP contribution in [0.3, 0.4) is 0 Å². The van der Waals surface area contributed by atoms with Gasteiger partial charge < -0.3 is 15.0 Å². The van der Waals surface area contributed by atoms with Gasteiger partial charge in [-0.05, 0) is 49.2 Å². The SMILES string of the molecule is CNC(=O)[C@@H](C)N(Cc1cccc(Br)c1)C(=O)COc1cccc(C)c1. The van der Waals surface area contributed by atoms with E-state index < -0.39 is 6.04 Å². The zero-order valence-electron chi connectivity index (χ0n) is 15.2. The van der Waals surface area contributed by atoms with E-state index in [1.807, 2.05) is 49.4 Å². The summed E-state index contributed by atoms with van der Waals surface area (Å²) in [4.78, 5) is 26.4. The monoisotopic (exact) mass is 418 g/mol. The molecule has 2 aromatic rings. The Bertz CT molecular complexity index is 779. The lowest BCUT2D eigenvalue weighted by atomic mass is 10.1. The fourth-order valence-corrected chi connectivity index (χ4v) is 3.00. The van der Waals surface area contributed by atoms with E-state index in [0.29, 0.717) is 12.3 Å². The van der Waals surface area contributed by atoms with Crippen LogP contribution in [0.15, 0.2) is 53.0 Å². The van der Waals surface area contributed by atoms with Gasteiger partial charge in [-0.25, -0.2) is 0 Å². The zero-order chi connectivity index (χ0) is 19.1. The summed E-state index contributed by atoms with van der Waals surface area (Å²) in [7, 11) is 1.56. The van der Waals surface area contributed by atoms with E-state index in [2.05, 4.69) is 21.2 Å². The number of ether oxygens (including phenoxy) is 1. The first-order chi connectivity index (χ1) is 12.4. The van der Waals surface area contributed by atoms with Gasteiger partial charge in [0, 0.05) is 18.1 Å². The summed E-state index contributed by atoms with van der Waals surface area (Å²) in [5.74, 6) is 0.167. The maximum Gasteiger partial charge on any atom is 0.261 e. The summed E-state index contributed by atoms with van der Waals surface area (Å²) in [6.45, 7) is 3.87. The third kappa shape index (κ3) is 5.59. The molecule has 0 aliphatic heterocycles. The number of hydrogen-bond acceptors (Lipinski definition) is 3. The van der Waals surface area contributed by atoms with Crippen molar-refractivity contribution in [2.45, 2.75) is 26.4 Å². The van der Waals surface area contributed by atoms with E-state index in [1.165, 1.54) is 4.90 Å². The molecule has 0 unspecified atom stereocenters. The highest BCUT2D eigenvalue weighted by Gasteiger charge is 2.25. The van der Waals surface area contributed by atoms with Crippen LogP contribution in [0.4, 0.5) is 0 Å². The fourth-order valence-electron chi connectivity index (χ4n) is 2.56. The van der Waals surface area contributed by atoms with Gasteiger partial charge in [-0.3, -0.25) is 9.59 Å². The lowest BCUT2D eigenvalue weighted by molar-refractivity contribution is -0.142. The van der Waals surface area contributed by atoms with Crippen LogP contribution < -0.4 is 10.1 Å². The van der Waals surface area contributed by atoms with Crippen molar-refractivity contribution >= 4 is 27.7 Å². The number of aryl methyl sites for hydroxylation is 1.